The quantitative estimate of drug-likeness (QED) is 0.715. The van der Waals surface area contributed by atoms with Crippen molar-refractivity contribution in [3.63, 3.8) is 0 Å². The molecule has 6 heteroatoms. The number of hydrogen-bond donors (Lipinski definition) is 2. The number of nitrogens with one attached hydrogen (secondary N) is 1. The van der Waals surface area contributed by atoms with E-state index in [4.69, 9.17) is 14.9 Å². The van der Waals surface area contributed by atoms with E-state index in [-0.39, 0.29) is 12.5 Å². The van der Waals surface area contributed by atoms with Crippen molar-refractivity contribution >= 4 is 34.0 Å². The van der Waals surface area contributed by atoms with E-state index < -0.39 is 11.6 Å². The highest BCUT2D eigenvalue weighted by atomic mass is 16.5. The zero-order valence-corrected chi connectivity index (χ0v) is 13.0. The summed E-state index contributed by atoms with van der Waals surface area (Å²) in [6.07, 6.45) is 0. The molecule has 0 aliphatic heterocycles. The maximum atomic E-state index is 12.1. The first-order chi connectivity index (χ1) is 11.6. The highest BCUT2D eigenvalue weighted by Gasteiger charge is 2.16. The molecule has 0 atom stereocenters. The molecule has 0 fully saturated rings. The second-order valence-electron chi connectivity index (χ2n) is 5.07. The molecule has 1 heterocycles. The van der Waals surface area contributed by atoms with Crippen LogP contribution in [-0.2, 0) is 4.74 Å². The summed E-state index contributed by atoms with van der Waals surface area (Å²) in [5.74, 6) is -0.488. The van der Waals surface area contributed by atoms with E-state index in [1.807, 2.05) is 0 Å². The normalized spacial score (nSPS) is 10.5. The molecule has 0 bridgehead atoms. The first kappa shape index (κ1) is 15.6. The molecular weight excluding hydrogens is 308 g/mol. The van der Waals surface area contributed by atoms with Crippen molar-refractivity contribution in [1.82, 2.24) is 0 Å². The number of carbonyl (C=O) groups is 1. The van der Waals surface area contributed by atoms with Crippen LogP contribution in [0.2, 0.25) is 0 Å². The van der Waals surface area contributed by atoms with Crippen molar-refractivity contribution < 1.29 is 13.9 Å². The maximum Gasteiger partial charge on any atom is 0.345 e. The number of benzene rings is 2. The number of nitrogen functional groups attached to an aromatic ring is 1. The molecular formula is C18H16N2O4. The van der Waals surface area contributed by atoms with Gasteiger partial charge in [-0.05, 0) is 25.1 Å². The van der Waals surface area contributed by atoms with E-state index in [1.54, 1.807) is 55.5 Å². The van der Waals surface area contributed by atoms with Crippen molar-refractivity contribution in [2.75, 3.05) is 17.7 Å². The Balaban J connectivity index is 2.12. The molecule has 0 radical (unpaired) electrons. The highest BCUT2D eigenvalue weighted by molar-refractivity contribution is 6.02. The fourth-order valence-corrected chi connectivity index (χ4v) is 2.46. The molecule has 24 heavy (non-hydrogen) atoms. The summed E-state index contributed by atoms with van der Waals surface area (Å²) in [6, 6.07) is 13.9. The molecule has 2 aromatic carbocycles. The Bertz CT molecular complexity index is 963. The summed E-state index contributed by atoms with van der Waals surface area (Å²) in [7, 11) is 0. The lowest BCUT2D eigenvalue weighted by atomic mass is 10.1. The van der Waals surface area contributed by atoms with E-state index in [1.165, 1.54) is 0 Å². The number of carbonyl (C=O) groups excluding carboxylic acids is 1. The second-order valence-corrected chi connectivity index (χ2v) is 5.07. The Morgan fingerprint density at radius 1 is 1.12 bits per heavy atom. The number of hydrogen-bond acceptors (Lipinski definition) is 6. The van der Waals surface area contributed by atoms with Gasteiger partial charge in [0.15, 0.2) is 0 Å². The summed E-state index contributed by atoms with van der Waals surface area (Å²) >= 11 is 0. The molecule has 0 amide bonds. The van der Waals surface area contributed by atoms with Crippen LogP contribution in [0.25, 0.3) is 10.8 Å². The number of para-hydroxylation sites is 1. The van der Waals surface area contributed by atoms with E-state index in [0.717, 1.165) is 0 Å². The largest absolute Gasteiger partial charge is 0.462 e. The van der Waals surface area contributed by atoms with Gasteiger partial charge < -0.3 is 20.2 Å². The lowest BCUT2D eigenvalue weighted by molar-refractivity contribution is 0.0527. The molecule has 0 unspecified atom stereocenters. The van der Waals surface area contributed by atoms with Gasteiger partial charge in [-0.3, -0.25) is 0 Å². The first-order valence-corrected chi connectivity index (χ1v) is 7.46. The first-order valence-electron chi connectivity index (χ1n) is 7.46. The van der Waals surface area contributed by atoms with Crippen LogP contribution in [0.5, 0.6) is 0 Å². The van der Waals surface area contributed by atoms with Gasteiger partial charge in [0.2, 0.25) is 5.88 Å². The Morgan fingerprint density at radius 3 is 2.54 bits per heavy atom. The molecule has 6 nitrogen and oxygen atoms in total. The van der Waals surface area contributed by atoms with Crippen LogP contribution in [0, 0.1) is 0 Å². The molecule has 1 aromatic heterocycles. The maximum absolute atomic E-state index is 12.1. The standard InChI is InChI=1S/C18H16N2O4/c1-2-23-17(21)13-9-5-6-10-14(13)20-15-11-7-3-4-8-12(11)18(22)24-16(15)19/h3-10,20H,2,19H2,1H3. The zero-order valence-electron chi connectivity index (χ0n) is 13.0. The third kappa shape index (κ3) is 2.81. The summed E-state index contributed by atoms with van der Waals surface area (Å²) < 4.78 is 10.1. The summed E-state index contributed by atoms with van der Waals surface area (Å²) in [5, 5.41) is 4.11. The molecule has 0 saturated heterocycles. The molecule has 122 valence electrons. The van der Waals surface area contributed by atoms with Gasteiger partial charge in [-0.15, -0.1) is 0 Å². The van der Waals surface area contributed by atoms with Gasteiger partial charge in [-0.1, -0.05) is 30.3 Å². The Hall–Kier alpha value is -3.28. The van der Waals surface area contributed by atoms with Crippen LogP contribution in [0.1, 0.15) is 17.3 Å². The summed E-state index contributed by atoms with van der Waals surface area (Å²) in [4.78, 5) is 24.0. The van der Waals surface area contributed by atoms with Crippen LogP contribution in [0.15, 0.2) is 57.7 Å². The van der Waals surface area contributed by atoms with Crippen molar-refractivity contribution in [2.45, 2.75) is 6.92 Å². The second kappa shape index (κ2) is 6.45. The number of rotatable bonds is 4. The van der Waals surface area contributed by atoms with Gasteiger partial charge in [0, 0.05) is 5.39 Å². The van der Waals surface area contributed by atoms with Gasteiger partial charge in [-0.2, -0.15) is 0 Å². The SMILES string of the molecule is CCOC(=O)c1ccccc1Nc1c(N)oc(=O)c2ccccc12. The predicted molar refractivity (Wildman–Crippen MR) is 92.6 cm³/mol. The summed E-state index contributed by atoms with van der Waals surface area (Å²) in [6.45, 7) is 2.02. The third-order valence-electron chi connectivity index (χ3n) is 3.55. The molecule has 3 N–H and O–H groups in total. The van der Waals surface area contributed by atoms with Crippen LogP contribution >= 0.6 is 0 Å². The van der Waals surface area contributed by atoms with Crippen molar-refractivity contribution in [3.05, 3.63) is 64.5 Å². The predicted octanol–water partition coefficient (Wildman–Crippen LogP) is 3.30. The lowest BCUT2D eigenvalue weighted by Gasteiger charge is -2.14. The number of nitrogens with two attached hydrogens (primary N) is 1. The monoisotopic (exact) mass is 324 g/mol. The van der Waals surface area contributed by atoms with E-state index in [2.05, 4.69) is 5.32 Å². The lowest BCUT2D eigenvalue weighted by Crippen LogP contribution is -2.10. The van der Waals surface area contributed by atoms with Gasteiger partial charge >= 0.3 is 11.6 Å². The third-order valence-corrected chi connectivity index (χ3v) is 3.55. The number of fused-ring (bicyclic) bond motifs is 1. The molecule has 3 aromatic rings. The minimum absolute atomic E-state index is 0.0441. The summed E-state index contributed by atoms with van der Waals surface area (Å²) in [5.41, 5.74) is 6.68. The minimum atomic E-state index is -0.507. The average Bonchev–Trinajstić information content (AvgIpc) is 2.59. The fourth-order valence-electron chi connectivity index (χ4n) is 2.46. The smallest absolute Gasteiger partial charge is 0.345 e. The Kier molecular flexibility index (Phi) is 4.20. The number of esters is 1. The van der Waals surface area contributed by atoms with Gasteiger partial charge in [0.1, 0.15) is 5.69 Å². The van der Waals surface area contributed by atoms with Crippen LogP contribution in [0.4, 0.5) is 17.3 Å². The van der Waals surface area contributed by atoms with Crippen molar-refractivity contribution in [3.8, 4) is 0 Å². The highest BCUT2D eigenvalue weighted by Crippen LogP contribution is 2.31. The average molecular weight is 324 g/mol. The molecule has 0 aliphatic rings. The van der Waals surface area contributed by atoms with Crippen molar-refractivity contribution in [2.24, 2.45) is 0 Å². The number of ether oxygens (including phenoxy) is 1. The van der Waals surface area contributed by atoms with Crippen LogP contribution in [0.3, 0.4) is 0 Å². The van der Waals surface area contributed by atoms with Crippen LogP contribution < -0.4 is 16.7 Å². The van der Waals surface area contributed by atoms with E-state index in [0.29, 0.717) is 27.7 Å². The van der Waals surface area contributed by atoms with E-state index in [9.17, 15) is 9.59 Å². The van der Waals surface area contributed by atoms with Gasteiger partial charge in [0.25, 0.3) is 0 Å². The van der Waals surface area contributed by atoms with Gasteiger partial charge in [0.05, 0.1) is 23.2 Å². The Morgan fingerprint density at radius 2 is 1.79 bits per heavy atom. The molecule has 0 spiro atoms. The Labute approximate surface area is 137 Å². The van der Waals surface area contributed by atoms with E-state index >= 15 is 0 Å². The number of anilines is 3. The fraction of sp³-hybridized carbons (Fsp3) is 0.111. The topological polar surface area (TPSA) is 94.6 Å². The van der Waals surface area contributed by atoms with Gasteiger partial charge in [-0.25, -0.2) is 9.59 Å². The zero-order chi connectivity index (χ0) is 17.1. The minimum Gasteiger partial charge on any atom is -0.462 e. The van der Waals surface area contributed by atoms with Crippen LogP contribution in [-0.4, -0.2) is 12.6 Å². The van der Waals surface area contributed by atoms with Crippen molar-refractivity contribution in [1.29, 1.82) is 0 Å². The molecule has 0 saturated carbocycles. The molecule has 3 rings (SSSR count). The molecule has 0 aliphatic carbocycles.